The molecule has 1 N–H and O–H groups in total. The lowest BCUT2D eigenvalue weighted by molar-refractivity contribution is 0.103. The van der Waals surface area contributed by atoms with E-state index in [1.54, 1.807) is 6.33 Å². The highest BCUT2D eigenvalue weighted by Gasteiger charge is 2.17. The Bertz CT molecular complexity index is 1070. The molecule has 0 saturated heterocycles. The molecule has 0 spiro atoms. The largest absolute Gasteiger partial charge is 0.331 e. The summed E-state index contributed by atoms with van der Waals surface area (Å²) in [6.45, 7) is 2.93. The van der Waals surface area contributed by atoms with E-state index in [9.17, 15) is 4.79 Å². The number of benzene rings is 2. The summed E-state index contributed by atoms with van der Waals surface area (Å²) in [5, 5.41) is 4.33. The van der Waals surface area contributed by atoms with Gasteiger partial charge in [-0.3, -0.25) is 4.79 Å². The standard InChI is InChI=1S/C18H14ClN3OS/c1-2-22-10-20-13-9-11(7-8-14(13)22)21-18(23)17-16(19)12-5-3-4-6-15(12)24-17/h3-10H,2H2,1H3,(H,21,23). The van der Waals surface area contributed by atoms with Crippen molar-refractivity contribution in [1.82, 2.24) is 9.55 Å². The smallest absolute Gasteiger partial charge is 0.267 e. The van der Waals surface area contributed by atoms with Crippen molar-refractivity contribution in [3.8, 4) is 0 Å². The van der Waals surface area contributed by atoms with E-state index in [-0.39, 0.29) is 5.91 Å². The van der Waals surface area contributed by atoms with Crippen LogP contribution in [0, 0.1) is 0 Å². The maximum Gasteiger partial charge on any atom is 0.267 e. The van der Waals surface area contributed by atoms with Gasteiger partial charge < -0.3 is 9.88 Å². The third-order valence-corrected chi connectivity index (χ3v) is 5.63. The molecule has 2 aromatic carbocycles. The number of carbonyl (C=O) groups is 1. The summed E-state index contributed by atoms with van der Waals surface area (Å²) in [6, 6.07) is 13.5. The first-order chi connectivity index (χ1) is 11.7. The van der Waals surface area contributed by atoms with E-state index in [0.717, 1.165) is 27.7 Å². The van der Waals surface area contributed by atoms with Gasteiger partial charge in [-0.2, -0.15) is 0 Å². The van der Waals surface area contributed by atoms with E-state index in [1.807, 2.05) is 42.5 Å². The van der Waals surface area contributed by atoms with Crippen molar-refractivity contribution in [2.24, 2.45) is 0 Å². The second-order valence-corrected chi connectivity index (χ2v) is 6.86. The first-order valence-corrected chi connectivity index (χ1v) is 8.80. The van der Waals surface area contributed by atoms with Gasteiger partial charge >= 0.3 is 0 Å². The molecule has 0 saturated carbocycles. The van der Waals surface area contributed by atoms with Gasteiger partial charge in [0.1, 0.15) is 4.88 Å². The number of anilines is 1. The fourth-order valence-electron chi connectivity index (χ4n) is 2.74. The second-order valence-electron chi connectivity index (χ2n) is 5.43. The highest BCUT2D eigenvalue weighted by Crippen LogP contribution is 2.35. The number of carbonyl (C=O) groups excluding carboxylic acids is 1. The first kappa shape index (κ1) is 15.2. The zero-order valence-electron chi connectivity index (χ0n) is 12.9. The van der Waals surface area contributed by atoms with Crippen LogP contribution in [-0.2, 0) is 6.54 Å². The Balaban J connectivity index is 1.66. The molecule has 120 valence electrons. The zero-order chi connectivity index (χ0) is 16.7. The lowest BCUT2D eigenvalue weighted by atomic mass is 10.2. The Labute approximate surface area is 147 Å². The third-order valence-electron chi connectivity index (χ3n) is 3.96. The highest BCUT2D eigenvalue weighted by atomic mass is 35.5. The molecule has 24 heavy (non-hydrogen) atoms. The van der Waals surface area contributed by atoms with Crippen LogP contribution in [0.25, 0.3) is 21.1 Å². The Morgan fingerprint density at radius 2 is 2.12 bits per heavy atom. The highest BCUT2D eigenvalue weighted by molar-refractivity contribution is 7.21. The summed E-state index contributed by atoms with van der Waals surface area (Å²) in [6.07, 6.45) is 1.80. The molecule has 0 fully saturated rings. The molecule has 0 atom stereocenters. The van der Waals surface area contributed by atoms with Gasteiger partial charge in [0.25, 0.3) is 5.91 Å². The number of aromatic nitrogens is 2. The fraction of sp³-hybridized carbons (Fsp3) is 0.111. The normalized spacial score (nSPS) is 11.2. The molecule has 0 bridgehead atoms. The predicted molar refractivity (Wildman–Crippen MR) is 100 cm³/mol. The number of nitrogens with one attached hydrogen (secondary N) is 1. The van der Waals surface area contributed by atoms with Gasteiger partial charge in [-0.25, -0.2) is 4.98 Å². The van der Waals surface area contributed by atoms with Crippen LogP contribution < -0.4 is 5.32 Å². The monoisotopic (exact) mass is 355 g/mol. The van der Waals surface area contributed by atoms with Gasteiger partial charge in [-0.1, -0.05) is 29.8 Å². The van der Waals surface area contributed by atoms with Crippen LogP contribution in [-0.4, -0.2) is 15.5 Å². The number of hydrogen-bond donors (Lipinski definition) is 1. The Morgan fingerprint density at radius 1 is 1.29 bits per heavy atom. The molecule has 0 radical (unpaired) electrons. The molecule has 0 aliphatic heterocycles. The van der Waals surface area contributed by atoms with Crippen LogP contribution in [0.15, 0.2) is 48.8 Å². The van der Waals surface area contributed by atoms with Crippen molar-refractivity contribution in [3.05, 3.63) is 58.7 Å². The van der Waals surface area contributed by atoms with E-state index >= 15 is 0 Å². The van der Waals surface area contributed by atoms with Gasteiger partial charge in [-0.05, 0) is 31.2 Å². The van der Waals surface area contributed by atoms with E-state index in [0.29, 0.717) is 15.6 Å². The minimum atomic E-state index is -0.199. The van der Waals surface area contributed by atoms with Gasteiger partial charge in [0, 0.05) is 22.3 Å². The van der Waals surface area contributed by atoms with Gasteiger partial charge in [0.15, 0.2) is 0 Å². The molecule has 2 heterocycles. The van der Waals surface area contributed by atoms with E-state index < -0.39 is 0 Å². The third kappa shape index (κ3) is 2.46. The van der Waals surface area contributed by atoms with E-state index in [4.69, 9.17) is 11.6 Å². The van der Waals surface area contributed by atoms with Crippen molar-refractivity contribution >= 4 is 55.7 Å². The minimum absolute atomic E-state index is 0.199. The van der Waals surface area contributed by atoms with Crippen molar-refractivity contribution < 1.29 is 4.79 Å². The number of imidazole rings is 1. The molecule has 4 aromatic rings. The Morgan fingerprint density at radius 3 is 2.92 bits per heavy atom. The molecule has 1 amide bonds. The summed E-state index contributed by atoms with van der Waals surface area (Å²) in [4.78, 5) is 17.5. The van der Waals surface area contributed by atoms with Crippen LogP contribution >= 0.6 is 22.9 Å². The molecule has 6 heteroatoms. The van der Waals surface area contributed by atoms with Crippen LogP contribution in [0.4, 0.5) is 5.69 Å². The number of thiophene rings is 1. The van der Waals surface area contributed by atoms with Crippen molar-refractivity contribution in [3.63, 3.8) is 0 Å². The maximum atomic E-state index is 12.6. The number of amides is 1. The van der Waals surface area contributed by atoms with Gasteiger partial charge in [0.05, 0.1) is 22.4 Å². The molecule has 0 unspecified atom stereocenters. The summed E-state index contributed by atoms with van der Waals surface area (Å²) in [5.41, 5.74) is 2.62. The zero-order valence-corrected chi connectivity index (χ0v) is 14.5. The minimum Gasteiger partial charge on any atom is -0.331 e. The Hall–Kier alpha value is -2.37. The second kappa shape index (κ2) is 5.92. The van der Waals surface area contributed by atoms with E-state index in [1.165, 1.54) is 11.3 Å². The van der Waals surface area contributed by atoms with Crippen LogP contribution in [0.1, 0.15) is 16.6 Å². The SMILES string of the molecule is CCn1cnc2cc(NC(=O)c3sc4ccccc4c3Cl)ccc21. The van der Waals surface area contributed by atoms with Crippen LogP contribution in [0.5, 0.6) is 0 Å². The van der Waals surface area contributed by atoms with Crippen LogP contribution in [0.3, 0.4) is 0 Å². The average Bonchev–Trinajstić information content (AvgIpc) is 3.16. The van der Waals surface area contributed by atoms with Crippen molar-refractivity contribution in [1.29, 1.82) is 0 Å². The molecular formula is C18H14ClN3OS. The fourth-order valence-corrected chi connectivity index (χ4v) is 4.15. The van der Waals surface area contributed by atoms with Crippen molar-refractivity contribution in [2.45, 2.75) is 13.5 Å². The molecular weight excluding hydrogens is 342 g/mol. The number of hydrogen-bond acceptors (Lipinski definition) is 3. The summed E-state index contributed by atoms with van der Waals surface area (Å²) in [7, 11) is 0. The maximum absolute atomic E-state index is 12.6. The van der Waals surface area contributed by atoms with Gasteiger partial charge in [-0.15, -0.1) is 11.3 Å². The van der Waals surface area contributed by atoms with Crippen molar-refractivity contribution in [2.75, 3.05) is 5.32 Å². The predicted octanol–water partition coefficient (Wildman–Crippen LogP) is 5.18. The Kier molecular flexibility index (Phi) is 3.75. The topological polar surface area (TPSA) is 46.9 Å². The summed E-state index contributed by atoms with van der Waals surface area (Å²) < 4.78 is 3.06. The first-order valence-electron chi connectivity index (χ1n) is 7.60. The number of nitrogens with zero attached hydrogens (tertiary/aromatic N) is 2. The lowest BCUT2D eigenvalue weighted by Gasteiger charge is -2.05. The van der Waals surface area contributed by atoms with Gasteiger partial charge in [0.2, 0.25) is 0 Å². The number of rotatable bonds is 3. The number of fused-ring (bicyclic) bond motifs is 2. The quantitative estimate of drug-likeness (QED) is 0.550. The summed E-state index contributed by atoms with van der Waals surface area (Å²) in [5.74, 6) is -0.199. The molecule has 4 nitrogen and oxygen atoms in total. The lowest BCUT2D eigenvalue weighted by Crippen LogP contribution is -2.10. The van der Waals surface area contributed by atoms with E-state index in [2.05, 4.69) is 21.8 Å². The number of aryl methyl sites for hydroxylation is 1. The molecule has 0 aliphatic rings. The molecule has 4 rings (SSSR count). The number of halogens is 1. The molecule has 2 aromatic heterocycles. The van der Waals surface area contributed by atoms with Crippen LogP contribution in [0.2, 0.25) is 5.02 Å². The average molecular weight is 356 g/mol. The summed E-state index contributed by atoms with van der Waals surface area (Å²) >= 11 is 7.77. The molecule has 0 aliphatic carbocycles.